The highest BCUT2D eigenvalue weighted by atomic mass is 31.2. The highest BCUT2D eigenvalue weighted by molar-refractivity contribution is 7.53. The monoisotopic (exact) mass is 650 g/mol. The average Bonchev–Trinajstić information content (AvgIpc) is 2.79. The Morgan fingerprint density at radius 1 is 0.674 bits per heavy atom. The second-order valence-corrected chi connectivity index (χ2v) is 13.6. The highest BCUT2D eigenvalue weighted by Gasteiger charge is 2.61. The van der Waals surface area contributed by atoms with E-state index in [1.165, 1.54) is 41.5 Å². The van der Waals surface area contributed by atoms with Crippen LogP contribution in [-0.4, -0.2) is 86.3 Å². The van der Waals surface area contributed by atoms with Gasteiger partial charge >= 0.3 is 43.6 Å². The smallest absolute Gasteiger partial charge is 0.418 e. The maximum absolute atomic E-state index is 14.1. The van der Waals surface area contributed by atoms with Crippen molar-refractivity contribution in [2.45, 2.75) is 99.0 Å². The molecule has 18 heteroatoms. The molecule has 0 aliphatic carbocycles. The van der Waals surface area contributed by atoms with Crippen LogP contribution in [0.25, 0.3) is 0 Å². The summed E-state index contributed by atoms with van der Waals surface area (Å²) in [5, 5.41) is 0. The molecule has 248 valence electrons. The molecule has 0 N–H and O–H groups in total. The van der Waals surface area contributed by atoms with Gasteiger partial charge in [-0.2, -0.15) is 13.2 Å². The van der Waals surface area contributed by atoms with Crippen LogP contribution < -0.4 is 0 Å². The van der Waals surface area contributed by atoms with Crippen molar-refractivity contribution < 1.29 is 79.2 Å². The Morgan fingerprint density at radius 3 is 1.40 bits per heavy atom. The molecule has 0 aromatic carbocycles. The Kier molecular flexibility index (Phi) is 13.2. The lowest BCUT2D eigenvalue weighted by Gasteiger charge is -2.45. The van der Waals surface area contributed by atoms with E-state index in [2.05, 4.69) is 0 Å². The molecular formula is C25H38F3O14P. The Bertz CT molecular complexity index is 1040. The number of hydrogen-bond donors (Lipinski definition) is 0. The van der Waals surface area contributed by atoms with Crippen molar-refractivity contribution in [1.29, 1.82) is 0 Å². The number of hydrogen-bond acceptors (Lipinski definition) is 14. The van der Waals surface area contributed by atoms with E-state index in [9.17, 15) is 41.7 Å². The number of halogens is 3. The molecule has 0 bridgehead atoms. The summed E-state index contributed by atoms with van der Waals surface area (Å²) in [6.45, 7) is 9.49. The number of ether oxygens (including phenoxy) is 6. The van der Waals surface area contributed by atoms with Gasteiger partial charge in [0.05, 0.1) is 17.0 Å². The van der Waals surface area contributed by atoms with Gasteiger partial charge in [-0.05, 0) is 41.5 Å². The van der Waals surface area contributed by atoms with Crippen LogP contribution in [0, 0.1) is 10.8 Å². The normalized spacial score (nSPS) is 23.1. The molecule has 1 unspecified atom stereocenters. The van der Waals surface area contributed by atoms with Crippen LogP contribution >= 0.6 is 7.60 Å². The zero-order valence-electron chi connectivity index (χ0n) is 25.3. The van der Waals surface area contributed by atoms with E-state index < -0.39 is 105 Å². The third kappa shape index (κ3) is 12.4. The van der Waals surface area contributed by atoms with E-state index in [0.717, 1.165) is 20.8 Å². The topological polar surface area (TPSA) is 176 Å². The first kappa shape index (κ1) is 38.3. The Morgan fingerprint density at radius 2 is 1.05 bits per heavy atom. The van der Waals surface area contributed by atoms with Gasteiger partial charge in [-0.3, -0.25) is 37.6 Å². The number of esters is 5. The molecule has 0 amide bonds. The average molecular weight is 651 g/mol. The molecule has 43 heavy (non-hydrogen) atoms. The van der Waals surface area contributed by atoms with Gasteiger partial charge in [0.25, 0.3) is 0 Å². The summed E-state index contributed by atoms with van der Waals surface area (Å²) in [6.07, 6.45) is -17.8. The van der Waals surface area contributed by atoms with Gasteiger partial charge in [-0.25, -0.2) is 0 Å². The third-order valence-electron chi connectivity index (χ3n) is 5.37. The van der Waals surface area contributed by atoms with Gasteiger partial charge in [-0.1, -0.05) is 0 Å². The molecule has 0 spiro atoms. The molecule has 0 saturated carbocycles. The summed E-state index contributed by atoms with van der Waals surface area (Å²) < 4.78 is 96.4. The molecule has 1 heterocycles. The van der Waals surface area contributed by atoms with Crippen molar-refractivity contribution in [1.82, 2.24) is 0 Å². The van der Waals surface area contributed by atoms with Gasteiger partial charge in [-0.15, -0.1) is 0 Å². The predicted molar refractivity (Wildman–Crippen MR) is 137 cm³/mol. The minimum absolute atomic E-state index is 0.791. The lowest BCUT2D eigenvalue weighted by Crippen LogP contribution is -2.65. The van der Waals surface area contributed by atoms with E-state index in [1.807, 2.05) is 0 Å². The second-order valence-electron chi connectivity index (χ2n) is 11.5. The first-order valence-electron chi connectivity index (χ1n) is 12.8. The van der Waals surface area contributed by atoms with Crippen LogP contribution in [0.1, 0.15) is 62.3 Å². The fraction of sp³-hybridized carbons (Fsp3) is 0.800. The summed E-state index contributed by atoms with van der Waals surface area (Å²) in [6, 6.07) is 0. The fourth-order valence-electron chi connectivity index (χ4n) is 3.42. The quantitative estimate of drug-likeness (QED) is 0.138. The zero-order valence-corrected chi connectivity index (χ0v) is 26.2. The molecule has 1 fully saturated rings. The van der Waals surface area contributed by atoms with Gasteiger partial charge < -0.3 is 28.4 Å². The first-order chi connectivity index (χ1) is 19.4. The first-order valence-corrected chi connectivity index (χ1v) is 14.6. The van der Waals surface area contributed by atoms with Crippen molar-refractivity contribution in [2.24, 2.45) is 10.8 Å². The molecule has 0 radical (unpaired) electrons. The Hall–Kier alpha value is -2.75. The van der Waals surface area contributed by atoms with Crippen LogP contribution in [0.5, 0.6) is 0 Å². The third-order valence-corrected chi connectivity index (χ3v) is 7.17. The molecular weight excluding hydrogens is 612 g/mol. The van der Waals surface area contributed by atoms with Gasteiger partial charge in [0, 0.05) is 20.8 Å². The molecule has 0 aromatic rings. The maximum Gasteiger partial charge on any atom is 0.418 e. The predicted octanol–water partition coefficient (Wildman–Crippen LogP) is 3.43. The maximum atomic E-state index is 14.1. The van der Waals surface area contributed by atoms with E-state index in [-0.39, 0.29) is 0 Å². The largest absolute Gasteiger partial charge is 0.456 e. The van der Waals surface area contributed by atoms with Gasteiger partial charge in [0.1, 0.15) is 6.10 Å². The SMILES string of the molecule is CC(=O)O[C@@H]1[C@H](OC(C)=O)[C@H](C(F)(F)F)OC(CP(=O)(OCOC(=O)C(C)(C)C)OCOC(=O)C(C)(C)C)[C@H]1OC(C)=O. The lowest BCUT2D eigenvalue weighted by atomic mass is 9.94. The summed E-state index contributed by atoms with van der Waals surface area (Å²) >= 11 is 0. The molecule has 1 saturated heterocycles. The number of alkyl halides is 3. The molecule has 0 aromatic heterocycles. The van der Waals surface area contributed by atoms with Crippen molar-refractivity contribution in [3.63, 3.8) is 0 Å². The van der Waals surface area contributed by atoms with Crippen LogP contribution in [-0.2, 0) is 66.0 Å². The van der Waals surface area contributed by atoms with Gasteiger partial charge in [0.15, 0.2) is 24.4 Å². The number of carbonyl (C=O) groups is 5. The van der Waals surface area contributed by atoms with E-state index in [0.29, 0.717) is 0 Å². The zero-order chi connectivity index (χ0) is 33.6. The van der Waals surface area contributed by atoms with Crippen LogP contribution in [0.4, 0.5) is 13.2 Å². The summed E-state index contributed by atoms with van der Waals surface area (Å²) in [5.41, 5.74) is -2.04. The molecule has 1 aliphatic heterocycles. The Balaban J connectivity index is 3.53. The summed E-state index contributed by atoms with van der Waals surface area (Å²) in [7, 11) is -4.76. The van der Waals surface area contributed by atoms with Crippen LogP contribution in [0.3, 0.4) is 0 Å². The van der Waals surface area contributed by atoms with Gasteiger partial charge in [0.2, 0.25) is 13.6 Å². The molecule has 1 rings (SSSR count). The number of carbonyl (C=O) groups excluding carboxylic acids is 5. The summed E-state index contributed by atoms with van der Waals surface area (Å²) in [4.78, 5) is 59.8. The standard InChI is InChI=1S/C25H38F3O14P/c1-13(29)39-17-16(42-20(25(26,27)28)19(41-15(3)31)18(17)40-14(2)30)10-43(34,37-11-35-21(32)23(4,5)6)38-12-36-22(33)24(7,8)9/h16-20H,10-12H2,1-9H3/t16?,17-,18+,19+,20-/m1/s1. The lowest BCUT2D eigenvalue weighted by molar-refractivity contribution is -0.312. The number of rotatable bonds is 11. The van der Waals surface area contributed by atoms with Crippen molar-refractivity contribution in [3.8, 4) is 0 Å². The minimum Gasteiger partial charge on any atom is -0.456 e. The molecule has 5 atom stereocenters. The minimum atomic E-state index is -5.26. The van der Waals surface area contributed by atoms with E-state index >= 15 is 0 Å². The Labute approximate surface area is 246 Å². The van der Waals surface area contributed by atoms with Crippen LogP contribution in [0.2, 0.25) is 0 Å². The van der Waals surface area contributed by atoms with E-state index in [1.54, 1.807) is 0 Å². The second kappa shape index (κ2) is 14.8. The summed E-state index contributed by atoms with van der Waals surface area (Å²) in [5.74, 6) is -5.04. The van der Waals surface area contributed by atoms with E-state index in [4.69, 9.17) is 37.5 Å². The van der Waals surface area contributed by atoms with Crippen molar-refractivity contribution in [3.05, 3.63) is 0 Å². The van der Waals surface area contributed by atoms with Crippen molar-refractivity contribution >= 4 is 37.4 Å². The van der Waals surface area contributed by atoms with Crippen molar-refractivity contribution in [2.75, 3.05) is 19.7 Å². The highest BCUT2D eigenvalue weighted by Crippen LogP contribution is 2.51. The fourth-order valence-corrected chi connectivity index (χ4v) is 4.87. The van der Waals surface area contributed by atoms with Crippen LogP contribution in [0.15, 0.2) is 0 Å². The molecule has 1 aliphatic rings. The molecule has 14 nitrogen and oxygen atoms in total.